The van der Waals surface area contributed by atoms with E-state index in [1.807, 2.05) is 36.4 Å². The average molecular weight is 297 g/mol. The Morgan fingerprint density at radius 1 is 0.619 bits per heavy atom. The number of halogens is 1. The molecule has 0 amide bonds. The van der Waals surface area contributed by atoms with Gasteiger partial charge >= 0.3 is 0 Å². The van der Waals surface area contributed by atoms with E-state index >= 15 is 0 Å². The molecule has 0 saturated heterocycles. The topological polar surface area (TPSA) is 40.5 Å². The van der Waals surface area contributed by atoms with Gasteiger partial charge in [0.25, 0.3) is 0 Å². The number of hydrogen-bond donors (Lipinski definition) is 2. The normalized spacial score (nSPS) is 10.5. The maximum absolute atomic E-state index is 10.1. The van der Waals surface area contributed by atoms with Gasteiger partial charge < -0.3 is 10.2 Å². The second kappa shape index (κ2) is 5.51. The highest BCUT2D eigenvalue weighted by molar-refractivity contribution is 6.33. The van der Waals surface area contributed by atoms with Crippen molar-refractivity contribution in [3.8, 4) is 33.8 Å². The molecule has 21 heavy (non-hydrogen) atoms. The van der Waals surface area contributed by atoms with Crippen molar-refractivity contribution in [3.63, 3.8) is 0 Å². The van der Waals surface area contributed by atoms with Gasteiger partial charge in [-0.05, 0) is 35.4 Å². The Morgan fingerprint density at radius 3 is 1.86 bits per heavy atom. The Hall–Kier alpha value is -2.45. The van der Waals surface area contributed by atoms with Crippen LogP contribution in [0, 0.1) is 0 Å². The monoisotopic (exact) mass is 296 g/mol. The van der Waals surface area contributed by atoms with E-state index in [4.69, 9.17) is 11.6 Å². The zero-order valence-electron chi connectivity index (χ0n) is 11.1. The van der Waals surface area contributed by atoms with Crippen LogP contribution in [0.1, 0.15) is 0 Å². The summed E-state index contributed by atoms with van der Waals surface area (Å²) < 4.78 is 0. The summed E-state index contributed by atoms with van der Waals surface area (Å²) >= 11 is 6.26. The number of phenolic OH excluding ortho intramolecular Hbond substituents is 2. The van der Waals surface area contributed by atoms with Crippen LogP contribution in [0.15, 0.2) is 66.7 Å². The third-order valence-corrected chi connectivity index (χ3v) is 3.69. The first-order chi connectivity index (χ1) is 10.2. The number of benzene rings is 3. The molecule has 0 heterocycles. The minimum atomic E-state index is 0.154. The van der Waals surface area contributed by atoms with Crippen LogP contribution in [0.3, 0.4) is 0 Å². The molecule has 3 aromatic carbocycles. The predicted molar refractivity (Wildman–Crippen MR) is 85.7 cm³/mol. The maximum Gasteiger partial charge on any atom is 0.123 e. The molecule has 0 aliphatic rings. The van der Waals surface area contributed by atoms with Crippen molar-refractivity contribution in [1.29, 1.82) is 0 Å². The molecule has 0 aromatic heterocycles. The van der Waals surface area contributed by atoms with Crippen LogP contribution in [0.25, 0.3) is 22.3 Å². The van der Waals surface area contributed by atoms with Gasteiger partial charge in [-0.2, -0.15) is 0 Å². The van der Waals surface area contributed by atoms with Crippen molar-refractivity contribution in [2.24, 2.45) is 0 Å². The number of para-hydroxylation sites is 1. The van der Waals surface area contributed by atoms with Crippen LogP contribution in [-0.2, 0) is 0 Å². The smallest absolute Gasteiger partial charge is 0.123 e. The fraction of sp³-hybridized carbons (Fsp3) is 0. The molecule has 0 aliphatic carbocycles. The third-order valence-electron chi connectivity index (χ3n) is 3.36. The molecular weight excluding hydrogens is 284 g/mol. The zero-order chi connectivity index (χ0) is 14.8. The average Bonchev–Trinajstić information content (AvgIpc) is 2.50. The van der Waals surface area contributed by atoms with Crippen LogP contribution in [0.4, 0.5) is 0 Å². The molecule has 0 unspecified atom stereocenters. The van der Waals surface area contributed by atoms with Gasteiger partial charge in [0, 0.05) is 16.1 Å². The Balaban J connectivity index is 2.26. The Kier molecular flexibility index (Phi) is 3.55. The lowest BCUT2D eigenvalue weighted by Crippen LogP contribution is -1.86. The zero-order valence-corrected chi connectivity index (χ0v) is 11.9. The van der Waals surface area contributed by atoms with Gasteiger partial charge in [0.15, 0.2) is 0 Å². The number of hydrogen-bond acceptors (Lipinski definition) is 2. The fourth-order valence-corrected chi connectivity index (χ4v) is 2.59. The van der Waals surface area contributed by atoms with Crippen molar-refractivity contribution < 1.29 is 10.2 Å². The van der Waals surface area contributed by atoms with E-state index in [0.29, 0.717) is 5.02 Å². The lowest BCUT2D eigenvalue weighted by molar-refractivity contribution is 0.475. The van der Waals surface area contributed by atoms with Crippen LogP contribution in [0.5, 0.6) is 11.5 Å². The SMILES string of the molecule is Oc1ccc(Cl)c(-c2ccccc2-c2ccccc2O)c1. The quantitative estimate of drug-likeness (QED) is 0.692. The van der Waals surface area contributed by atoms with E-state index in [2.05, 4.69) is 0 Å². The van der Waals surface area contributed by atoms with Gasteiger partial charge in [-0.25, -0.2) is 0 Å². The van der Waals surface area contributed by atoms with Gasteiger partial charge in [0.05, 0.1) is 0 Å². The lowest BCUT2D eigenvalue weighted by atomic mass is 9.94. The van der Waals surface area contributed by atoms with Crippen molar-refractivity contribution >= 4 is 11.6 Å². The summed E-state index contributed by atoms with van der Waals surface area (Å²) in [6.07, 6.45) is 0. The van der Waals surface area contributed by atoms with Gasteiger partial charge in [0.2, 0.25) is 0 Å². The standard InChI is InChI=1S/C18H13ClO2/c19-17-10-9-12(20)11-16(17)14-6-2-1-5-13(14)15-7-3-4-8-18(15)21/h1-11,20-21H. The first-order valence-corrected chi connectivity index (χ1v) is 6.91. The summed E-state index contributed by atoms with van der Waals surface area (Å²) in [5.41, 5.74) is 3.19. The van der Waals surface area contributed by atoms with E-state index in [-0.39, 0.29) is 11.5 Å². The van der Waals surface area contributed by atoms with Gasteiger partial charge in [0.1, 0.15) is 11.5 Å². The molecule has 0 aliphatic heterocycles. The Labute approximate surface area is 127 Å². The largest absolute Gasteiger partial charge is 0.508 e. The van der Waals surface area contributed by atoms with E-state index in [0.717, 1.165) is 22.3 Å². The van der Waals surface area contributed by atoms with Gasteiger partial charge in [-0.1, -0.05) is 54.1 Å². The molecule has 0 spiro atoms. The van der Waals surface area contributed by atoms with E-state index < -0.39 is 0 Å². The van der Waals surface area contributed by atoms with E-state index in [1.54, 1.807) is 30.3 Å². The van der Waals surface area contributed by atoms with Crippen LogP contribution in [-0.4, -0.2) is 10.2 Å². The minimum Gasteiger partial charge on any atom is -0.508 e. The highest BCUT2D eigenvalue weighted by atomic mass is 35.5. The van der Waals surface area contributed by atoms with Crippen molar-refractivity contribution in [3.05, 3.63) is 71.8 Å². The van der Waals surface area contributed by atoms with Crippen molar-refractivity contribution in [2.75, 3.05) is 0 Å². The number of rotatable bonds is 2. The summed E-state index contributed by atoms with van der Waals surface area (Å²) in [4.78, 5) is 0. The highest BCUT2D eigenvalue weighted by Crippen LogP contribution is 2.40. The number of phenols is 2. The first-order valence-electron chi connectivity index (χ1n) is 6.53. The van der Waals surface area contributed by atoms with Crippen LogP contribution in [0.2, 0.25) is 5.02 Å². The molecule has 2 nitrogen and oxygen atoms in total. The van der Waals surface area contributed by atoms with Gasteiger partial charge in [-0.3, -0.25) is 0 Å². The fourth-order valence-electron chi connectivity index (χ4n) is 2.37. The summed E-state index contributed by atoms with van der Waals surface area (Å²) in [7, 11) is 0. The molecule has 0 bridgehead atoms. The predicted octanol–water partition coefficient (Wildman–Crippen LogP) is 5.09. The summed E-state index contributed by atoms with van der Waals surface area (Å²) in [6.45, 7) is 0. The molecule has 0 saturated carbocycles. The molecule has 104 valence electrons. The third kappa shape index (κ3) is 2.58. The Bertz CT molecular complexity index is 797. The molecule has 0 radical (unpaired) electrons. The molecule has 0 atom stereocenters. The molecule has 3 aromatic rings. The summed E-state index contributed by atoms with van der Waals surface area (Å²) in [5.74, 6) is 0.364. The second-order valence-electron chi connectivity index (χ2n) is 4.73. The molecule has 3 heteroatoms. The highest BCUT2D eigenvalue weighted by Gasteiger charge is 2.12. The summed E-state index contributed by atoms with van der Waals surface area (Å²) in [5, 5.41) is 20.3. The number of aromatic hydroxyl groups is 2. The summed E-state index contributed by atoms with van der Waals surface area (Å²) in [6, 6.07) is 19.6. The first kappa shape index (κ1) is 13.5. The molecule has 2 N–H and O–H groups in total. The molecule has 0 fully saturated rings. The molecule has 3 rings (SSSR count). The lowest BCUT2D eigenvalue weighted by Gasteiger charge is -2.13. The minimum absolute atomic E-state index is 0.154. The van der Waals surface area contributed by atoms with E-state index in [1.165, 1.54) is 0 Å². The Morgan fingerprint density at radius 2 is 1.19 bits per heavy atom. The van der Waals surface area contributed by atoms with Crippen molar-refractivity contribution in [1.82, 2.24) is 0 Å². The second-order valence-corrected chi connectivity index (χ2v) is 5.13. The van der Waals surface area contributed by atoms with Gasteiger partial charge in [-0.15, -0.1) is 0 Å². The van der Waals surface area contributed by atoms with Crippen LogP contribution < -0.4 is 0 Å². The van der Waals surface area contributed by atoms with Crippen LogP contribution >= 0.6 is 11.6 Å². The van der Waals surface area contributed by atoms with Crippen molar-refractivity contribution in [2.45, 2.75) is 0 Å². The van der Waals surface area contributed by atoms with E-state index in [9.17, 15) is 10.2 Å². The molecular formula is C18H13ClO2. The maximum atomic E-state index is 10.1.